The van der Waals surface area contributed by atoms with Gasteiger partial charge in [0, 0.05) is 23.1 Å². The van der Waals surface area contributed by atoms with Crippen LogP contribution in [0, 0.1) is 0 Å². The second-order valence-corrected chi connectivity index (χ2v) is 5.50. The van der Waals surface area contributed by atoms with Crippen LogP contribution in [0.4, 0.5) is 0 Å². The van der Waals surface area contributed by atoms with Crippen molar-refractivity contribution in [3.8, 4) is 10.6 Å². The predicted octanol–water partition coefficient (Wildman–Crippen LogP) is 3.93. The highest BCUT2D eigenvalue weighted by Gasteiger charge is 2.05. The van der Waals surface area contributed by atoms with Gasteiger partial charge in [-0.05, 0) is 22.4 Å². The van der Waals surface area contributed by atoms with Crippen molar-refractivity contribution in [3.63, 3.8) is 0 Å². The fourth-order valence-electron chi connectivity index (χ4n) is 1.41. The van der Waals surface area contributed by atoms with Gasteiger partial charge < -0.3 is 5.21 Å². The first-order valence-electron chi connectivity index (χ1n) is 5.16. The summed E-state index contributed by atoms with van der Waals surface area (Å²) in [5, 5.41) is 12.6. The summed E-state index contributed by atoms with van der Waals surface area (Å²) in [5.41, 5.74) is 1.14. The van der Waals surface area contributed by atoms with Crippen molar-refractivity contribution < 1.29 is 5.21 Å². The molecule has 0 aliphatic rings. The summed E-state index contributed by atoms with van der Waals surface area (Å²) in [5.74, 6) is 0. The first-order valence-corrected chi connectivity index (χ1v) is 6.77. The molecule has 0 radical (unpaired) electrons. The first-order chi connectivity index (χ1) is 8.29. The number of rotatable bonds is 4. The van der Waals surface area contributed by atoms with Gasteiger partial charge in [0.05, 0.1) is 0 Å². The van der Waals surface area contributed by atoms with E-state index >= 15 is 0 Å². The topological polar surface area (TPSA) is 45.5 Å². The van der Waals surface area contributed by atoms with Crippen LogP contribution in [-0.2, 0) is 6.42 Å². The standard InChI is InChI=1S/C12H11BrN2OS/c13-11(15-16)7-6-10-8-14-12(17-10)9-4-2-1-3-5-9/h1-5,8,16H,6-7H2/b15-11+. The maximum Gasteiger partial charge on any atom is 0.123 e. The Kier molecular flexibility index (Phi) is 4.28. The van der Waals surface area contributed by atoms with Crippen molar-refractivity contribution >= 4 is 31.9 Å². The highest BCUT2D eigenvalue weighted by Crippen LogP contribution is 2.25. The molecule has 17 heavy (non-hydrogen) atoms. The molecule has 1 aromatic carbocycles. The summed E-state index contributed by atoms with van der Waals surface area (Å²) in [6, 6.07) is 10.1. The average molecular weight is 311 g/mol. The molecule has 1 N–H and O–H groups in total. The van der Waals surface area contributed by atoms with Crippen LogP contribution in [0.5, 0.6) is 0 Å². The van der Waals surface area contributed by atoms with Crippen LogP contribution in [0.15, 0.2) is 41.7 Å². The molecule has 88 valence electrons. The summed E-state index contributed by atoms with van der Waals surface area (Å²) in [4.78, 5) is 5.58. The van der Waals surface area contributed by atoms with E-state index in [9.17, 15) is 0 Å². The smallest absolute Gasteiger partial charge is 0.123 e. The number of oxime groups is 1. The lowest BCUT2D eigenvalue weighted by atomic mass is 10.2. The number of hydrogen-bond donors (Lipinski definition) is 1. The van der Waals surface area contributed by atoms with Gasteiger partial charge in [0.2, 0.25) is 0 Å². The Bertz CT molecular complexity index is 510. The van der Waals surface area contributed by atoms with Gasteiger partial charge in [-0.3, -0.25) is 0 Å². The maximum absolute atomic E-state index is 8.52. The van der Waals surface area contributed by atoms with Gasteiger partial charge in [-0.15, -0.1) is 11.3 Å². The lowest BCUT2D eigenvalue weighted by molar-refractivity contribution is 0.319. The van der Waals surface area contributed by atoms with Crippen molar-refractivity contribution in [2.45, 2.75) is 12.8 Å². The molecule has 0 saturated heterocycles. The van der Waals surface area contributed by atoms with Gasteiger partial charge in [0.25, 0.3) is 0 Å². The van der Waals surface area contributed by atoms with Crippen LogP contribution in [0.3, 0.4) is 0 Å². The molecule has 0 saturated carbocycles. The molecule has 1 aromatic heterocycles. The molecular formula is C12H11BrN2OS. The van der Waals surface area contributed by atoms with Gasteiger partial charge in [-0.2, -0.15) is 0 Å². The Hall–Kier alpha value is -1.20. The zero-order valence-corrected chi connectivity index (χ0v) is 11.4. The largest absolute Gasteiger partial charge is 0.410 e. The van der Waals surface area contributed by atoms with Crippen molar-refractivity contribution in [2.75, 3.05) is 0 Å². The van der Waals surface area contributed by atoms with Crippen LogP contribution in [0.2, 0.25) is 0 Å². The molecule has 0 aliphatic carbocycles. The molecule has 0 spiro atoms. The zero-order chi connectivity index (χ0) is 12.1. The van der Waals surface area contributed by atoms with Crippen molar-refractivity contribution in [1.29, 1.82) is 0 Å². The third kappa shape index (κ3) is 3.38. The molecule has 0 amide bonds. The molecule has 3 nitrogen and oxygen atoms in total. The minimum atomic E-state index is 0.562. The summed E-state index contributed by atoms with van der Waals surface area (Å²) < 4.78 is 0.562. The van der Waals surface area contributed by atoms with Crippen LogP contribution in [0.1, 0.15) is 11.3 Å². The molecule has 0 aliphatic heterocycles. The Morgan fingerprint density at radius 1 is 1.35 bits per heavy atom. The monoisotopic (exact) mass is 310 g/mol. The molecule has 0 bridgehead atoms. The molecule has 0 fully saturated rings. The quantitative estimate of drug-likeness (QED) is 0.528. The van der Waals surface area contributed by atoms with E-state index in [1.54, 1.807) is 11.3 Å². The average Bonchev–Trinajstić information content (AvgIpc) is 2.86. The van der Waals surface area contributed by atoms with E-state index in [2.05, 4.69) is 26.1 Å². The summed E-state index contributed by atoms with van der Waals surface area (Å²) in [6.45, 7) is 0. The second kappa shape index (κ2) is 5.93. The number of nitrogens with zero attached hydrogens (tertiary/aromatic N) is 2. The van der Waals surface area contributed by atoms with Crippen LogP contribution in [-0.4, -0.2) is 14.8 Å². The summed E-state index contributed by atoms with van der Waals surface area (Å²) >= 11 is 4.84. The van der Waals surface area contributed by atoms with E-state index in [1.807, 2.05) is 36.5 Å². The van der Waals surface area contributed by atoms with Gasteiger partial charge >= 0.3 is 0 Å². The lowest BCUT2D eigenvalue weighted by Crippen LogP contribution is -1.89. The molecule has 0 unspecified atom stereocenters. The number of thiazole rings is 1. The van der Waals surface area contributed by atoms with E-state index in [-0.39, 0.29) is 0 Å². The molecule has 1 heterocycles. The Morgan fingerprint density at radius 2 is 2.12 bits per heavy atom. The predicted molar refractivity (Wildman–Crippen MR) is 74.0 cm³/mol. The van der Waals surface area contributed by atoms with Gasteiger partial charge in [-0.25, -0.2) is 4.98 Å². The Labute approximate surface area is 112 Å². The maximum atomic E-state index is 8.52. The van der Waals surface area contributed by atoms with Crippen molar-refractivity contribution in [1.82, 2.24) is 4.98 Å². The molecule has 5 heteroatoms. The molecule has 2 rings (SSSR count). The van der Waals surface area contributed by atoms with Gasteiger partial charge in [0.1, 0.15) is 9.63 Å². The third-order valence-corrected chi connectivity index (χ3v) is 3.92. The van der Waals surface area contributed by atoms with Crippen molar-refractivity contribution in [2.24, 2.45) is 5.16 Å². The number of halogens is 1. The highest BCUT2D eigenvalue weighted by molar-refractivity contribution is 9.18. The number of aryl methyl sites for hydroxylation is 1. The summed E-state index contributed by atoms with van der Waals surface area (Å²) in [6.07, 6.45) is 3.40. The minimum Gasteiger partial charge on any atom is -0.410 e. The number of aromatic nitrogens is 1. The minimum absolute atomic E-state index is 0.562. The number of hydrogen-bond acceptors (Lipinski definition) is 4. The van der Waals surface area contributed by atoms with E-state index in [0.717, 1.165) is 17.0 Å². The van der Waals surface area contributed by atoms with E-state index in [1.165, 1.54) is 4.88 Å². The second-order valence-electron chi connectivity index (χ2n) is 3.47. The van der Waals surface area contributed by atoms with E-state index in [4.69, 9.17) is 5.21 Å². The third-order valence-electron chi connectivity index (χ3n) is 2.26. The fraction of sp³-hybridized carbons (Fsp3) is 0.167. The molecule has 2 aromatic rings. The molecule has 0 atom stereocenters. The van der Waals surface area contributed by atoms with Crippen LogP contribution < -0.4 is 0 Å². The lowest BCUT2D eigenvalue weighted by Gasteiger charge is -1.94. The first kappa shape index (κ1) is 12.3. The van der Waals surface area contributed by atoms with Gasteiger partial charge in [0.15, 0.2) is 0 Å². The highest BCUT2D eigenvalue weighted by atomic mass is 79.9. The molecular weight excluding hydrogens is 300 g/mol. The van der Waals surface area contributed by atoms with Crippen molar-refractivity contribution in [3.05, 3.63) is 41.4 Å². The SMILES string of the molecule is O/N=C(/Br)CCc1cnc(-c2ccccc2)s1. The summed E-state index contributed by atoms with van der Waals surface area (Å²) in [7, 11) is 0. The Morgan fingerprint density at radius 3 is 2.82 bits per heavy atom. The Balaban J connectivity index is 2.06. The zero-order valence-electron chi connectivity index (χ0n) is 9.01. The number of benzene rings is 1. The van der Waals surface area contributed by atoms with Crippen LogP contribution >= 0.6 is 27.3 Å². The van der Waals surface area contributed by atoms with Gasteiger partial charge in [-0.1, -0.05) is 35.5 Å². The normalized spacial score (nSPS) is 11.7. The fourth-order valence-corrected chi connectivity index (χ4v) is 2.53. The van der Waals surface area contributed by atoms with Crippen LogP contribution in [0.25, 0.3) is 10.6 Å². The van der Waals surface area contributed by atoms with E-state index in [0.29, 0.717) is 11.0 Å². The van der Waals surface area contributed by atoms with E-state index < -0.39 is 0 Å².